The molecule has 0 radical (unpaired) electrons. The number of benzene rings is 2. The van der Waals surface area contributed by atoms with E-state index in [9.17, 15) is 0 Å². The molecule has 1 aromatic heterocycles. The molecule has 0 fully saturated rings. The molecule has 0 aliphatic carbocycles. The van der Waals surface area contributed by atoms with Gasteiger partial charge < -0.3 is 20.2 Å². The van der Waals surface area contributed by atoms with Crippen LogP contribution < -0.4 is 15.2 Å². The smallest absolute Gasteiger partial charge is 0.168 e. The van der Waals surface area contributed by atoms with E-state index in [0.717, 1.165) is 33.3 Å². The molecular formula is C17H18N2O2. The number of ether oxygens (including phenoxy) is 2. The number of H-pyrrole nitrogens is 1. The van der Waals surface area contributed by atoms with Gasteiger partial charge in [-0.2, -0.15) is 0 Å². The number of methoxy groups -OCH3 is 2. The van der Waals surface area contributed by atoms with Crippen molar-refractivity contribution in [1.29, 1.82) is 0 Å². The Morgan fingerprint density at radius 1 is 1.05 bits per heavy atom. The zero-order chi connectivity index (χ0) is 14.8. The average Bonchev–Trinajstić information content (AvgIpc) is 2.97. The maximum atomic E-state index is 5.80. The van der Waals surface area contributed by atoms with E-state index in [0.29, 0.717) is 12.3 Å². The largest absolute Gasteiger partial charge is 0.493 e. The molecule has 0 unspecified atom stereocenters. The van der Waals surface area contributed by atoms with Gasteiger partial charge in [-0.25, -0.2) is 0 Å². The Bertz CT molecular complexity index is 778. The maximum absolute atomic E-state index is 5.80. The minimum absolute atomic E-state index is 0.454. The molecule has 1 heterocycles. The van der Waals surface area contributed by atoms with Crippen LogP contribution in [-0.4, -0.2) is 19.2 Å². The summed E-state index contributed by atoms with van der Waals surface area (Å²) in [6.45, 7) is 0.454. The van der Waals surface area contributed by atoms with Gasteiger partial charge in [0, 0.05) is 34.8 Å². The summed E-state index contributed by atoms with van der Waals surface area (Å²) < 4.78 is 11.0. The highest BCUT2D eigenvalue weighted by Gasteiger charge is 2.16. The van der Waals surface area contributed by atoms with Gasteiger partial charge in [0.25, 0.3) is 0 Å². The quantitative estimate of drug-likeness (QED) is 0.771. The monoisotopic (exact) mass is 282 g/mol. The van der Waals surface area contributed by atoms with E-state index in [4.69, 9.17) is 15.2 Å². The fraction of sp³-hybridized carbons (Fsp3) is 0.176. The van der Waals surface area contributed by atoms with Crippen molar-refractivity contribution in [2.75, 3.05) is 14.2 Å². The van der Waals surface area contributed by atoms with Crippen molar-refractivity contribution in [2.45, 2.75) is 6.54 Å². The van der Waals surface area contributed by atoms with Gasteiger partial charge in [-0.3, -0.25) is 0 Å². The first-order valence-electron chi connectivity index (χ1n) is 6.80. The molecule has 0 aliphatic rings. The Labute approximate surface area is 123 Å². The summed E-state index contributed by atoms with van der Waals surface area (Å²) in [5, 5.41) is 1.15. The zero-order valence-electron chi connectivity index (χ0n) is 12.1. The molecular weight excluding hydrogens is 264 g/mol. The lowest BCUT2D eigenvalue weighted by Crippen LogP contribution is -2.00. The second kappa shape index (κ2) is 5.50. The molecule has 3 N–H and O–H groups in total. The molecule has 0 saturated heterocycles. The molecule has 4 heteroatoms. The van der Waals surface area contributed by atoms with Gasteiger partial charge in [-0.1, -0.05) is 18.2 Å². The number of nitrogens with one attached hydrogen (secondary N) is 1. The molecule has 0 atom stereocenters. The third-order valence-electron chi connectivity index (χ3n) is 3.65. The Morgan fingerprint density at radius 2 is 1.86 bits per heavy atom. The first-order valence-corrected chi connectivity index (χ1v) is 6.80. The van der Waals surface area contributed by atoms with Crippen LogP contribution in [0.2, 0.25) is 0 Å². The second-order valence-electron chi connectivity index (χ2n) is 4.83. The van der Waals surface area contributed by atoms with Crippen LogP contribution in [0, 0.1) is 0 Å². The maximum Gasteiger partial charge on any atom is 0.168 e. The van der Waals surface area contributed by atoms with Crippen LogP contribution in [0.3, 0.4) is 0 Å². The number of aromatic amines is 1. The SMILES string of the molecule is COc1cc(CN)cc(-c2c[nH]c3ccccc23)c1OC. The van der Waals surface area contributed by atoms with E-state index in [1.807, 2.05) is 24.4 Å². The van der Waals surface area contributed by atoms with Crippen LogP contribution in [0.15, 0.2) is 42.6 Å². The summed E-state index contributed by atoms with van der Waals surface area (Å²) in [6.07, 6.45) is 1.99. The van der Waals surface area contributed by atoms with Crippen molar-refractivity contribution in [1.82, 2.24) is 4.98 Å². The predicted octanol–water partition coefficient (Wildman–Crippen LogP) is 3.31. The van der Waals surface area contributed by atoms with Crippen LogP contribution >= 0.6 is 0 Å². The lowest BCUT2D eigenvalue weighted by atomic mass is 10.0. The number of aromatic nitrogens is 1. The summed E-state index contributed by atoms with van der Waals surface area (Å²) in [4.78, 5) is 3.29. The summed E-state index contributed by atoms with van der Waals surface area (Å²) in [5.41, 5.74) is 9.95. The number of fused-ring (bicyclic) bond motifs is 1. The molecule has 2 aromatic carbocycles. The molecule has 0 aliphatic heterocycles. The minimum Gasteiger partial charge on any atom is -0.493 e. The molecule has 4 nitrogen and oxygen atoms in total. The summed E-state index contributed by atoms with van der Waals surface area (Å²) in [7, 11) is 3.29. The Morgan fingerprint density at radius 3 is 2.57 bits per heavy atom. The van der Waals surface area contributed by atoms with Gasteiger partial charge in [-0.15, -0.1) is 0 Å². The zero-order valence-corrected chi connectivity index (χ0v) is 12.1. The van der Waals surface area contributed by atoms with Gasteiger partial charge in [0.2, 0.25) is 0 Å². The Balaban J connectivity index is 2.30. The molecule has 21 heavy (non-hydrogen) atoms. The number of rotatable bonds is 4. The highest BCUT2D eigenvalue weighted by atomic mass is 16.5. The topological polar surface area (TPSA) is 60.3 Å². The molecule has 0 bridgehead atoms. The summed E-state index contributed by atoms with van der Waals surface area (Å²) >= 11 is 0. The van der Waals surface area contributed by atoms with Crippen LogP contribution in [-0.2, 0) is 6.54 Å². The Hall–Kier alpha value is -2.46. The molecule has 108 valence electrons. The van der Waals surface area contributed by atoms with Gasteiger partial charge >= 0.3 is 0 Å². The number of nitrogens with two attached hydrogens (primary N) is 1. The Kier molecular flexibility index (Phi) is 3.54. The number of hydrogen-bond donors (Lipinski definition) is 2. The van der Waals surface area contributed by atoms with Crippen molar-refractivity contribution >= 4 is 10.9 Å². The van der Waals surface area contributed by atoms with E-state index < -0.39 is 0 Å². The van der Waals surface area contributed by atoms with Gasteiger partial charge in [0.05, 0.1) is 14.2 Å². The first kappa shape index (κ1) is 13.5. The van der Waals surface area contributed by atoms with Gasteiger partial charge in [0.1, 0.15) is 0 Å². The molecule has 0 saturated carbocycles. The third kappa shape index (κ3) is 2.23. The predicted molar refractivity (Wildman–Crippen MR) is 84.7 cm³/mol. The normalized spacial score (nSPS) is 10.8. The third-order valence-corrected chi connectivity index (χ3v) is 3.65. The number of para-hydroxylation sites is 1. The van der Waals surface area contributed by atoms with E-state index >= 15 is 0 Å². The fourth-order valence-electron chi connectivity index (χ4n) is 2.63. The van der Waals surface area contributed by atoms with E-state index in [2.05, 4.69) is 23.2 Å². The van der Waals surface area contributed by atoms with E-state index in [1.54, 1.807) is 14.2 Å². The molecule has 3 rings (SSSR count). The summed E-state index contributed by atoms with van der Waals surface area (Å²) in [5.74, 6) is 1.42. The van der Waals surface area contributed by atoms with Crippen molar-refractivity contribution in [3.63, 3.8) is 0 Å². The average molecular weight is 282 g/mol. The van der Waals surface area contributed by atoms with Crippen molar-refractivity contribution < 1.29 is 9.47 Å². The number of hydrogen-bond acceptors (Lipinski definition) is 3. The molecule has 3 aromatic rings. The lowest BCUT2D eigenvalue weighted by Gasteiger charge is -2.14. The molecule has 0 amide bonds. The van der Waals surface area contributed by atoms with Crippen LogP contribution in [0.4, 0.5) is 0 Å². The van der Waals surface area contributed by atoms with Gasteiger partial charge in [-0.05, 0) is 23.8 Å². The van der Waals surface area contributed by atoms with E-state index in [-0.39, 0.29) is 0 Å². The summed E-state index contributed by atoms with van der Waals surface area (Å²) in [6, 6.07) is 12.1. The van der Waals surface area contributed by atoms with Crippen LogP contribution in [0.25, 0.3) is 22.0 Å². The van der Waals surface area contributed by atoms with E-state index in [1.165, 1.54) is 0 Å². The van der Waals surface area contributed by atoms with Crippen molar-refractivity contribution in [2.24, 2.45) is 5.73 Å². The van der Waals surface area contributed by atoms with Crippen LogP contribution in [0.5, 0.6) is 11.5 Å². The van der Waals surface area contributed by atoms with Gasteiger partial charge in [0.15, 0.2) is 11.5 Å². The standard InChI is InChI=1S/C17H18N2O2/c1-20-16-8-11(9-18)7-13(17(16)21-2)14-10-19-15-6-4-3-5-12(14)15/h3-8,10,19H,9,18H2,1-2H3. The fourth-order valence-corrected chi connectivity index (χ4v) is 2.63. The minimum atomic E-state index is 0.454. The van der Waals surface area contributed by atoms with Crippen LogP contribution in [0.1, 0.15) is 5.56 Å². The highest BCUT2D eigenvalue weighted by molar-refractivity contribution is 5.97. The first-order chi connectivity index (χ1) is 10.3. The second-order valence-corrected chi connectivity index (χ2v) is 4.83. The van der Waals surface area contributed by atoms with Crippen molar-refractivity contribution in [3.8, 4) is 22.6 Å². The van der Waals surface area contributed by atoms with Crippen molar-refractivity contribution in [3.05, 3.63) is 48.2 Å². The lowest BCUT2D eigenvalue weighted by molar-refractivity contribution is 0.356. The highest BCUT2D eigenvalue weighted by Crippen LogP contribution is 2.41. The molecule has 0 spiro atoms.